The van der Waals surface area contributed by atoms with Gasteiger partial charge in [-0.15, -0.1) is 0 Å². The van der Waals surface area contributed by atoms with Gasteiger partial charge < -0.3 is 9.47 Å². The monoisotopic (exact) mass is 240 g/mol. The van der Waals surface area contributed by atoms with Crippen molar-refractivity contribution in [3.8, 4) is 0 Å². The lowest BCUT2D eigenvalue weighted by Crippen LogP contribution is -2.23. The standard InChI is InChI=1S/C11H12O4S/c1-14-10-7-8-11(15-10)16(12,13)9-5-3-2-4-6-9/h2-8,10-11H,1H3/t10-,11+/m0/s1. The van der Waals surface area contributed by atoms with Gasteiger partial charge in [0.2, 0.25) is 9.84 Å². The van der Waals surface area contributed by atoms with Crippen LogP contribution in [0, 0.1) is 0 Å². The van der Waals surface area contributed by atoms with Gasteiger partial charge in [0.25, 0.3) is 0 Å². The van der Waals surface area contributed by atoms with Gasteiger partial charge in [-0.05, 0) is 24.3 Å². The van der Waals surface area contributed by atoms with E-state index < -0.39 is 21.6 Å². The summed E-state index contributed by atoms with van der Waals surface area (Å²) in [5.74, 6) is 0. The molecule has 0 saturated heterocycles. The average Bonchev–Trinajstić information content (AvgIpc) is 2.79. The molecule has 0 fully saturated rings. The van der Waals surface area contributed by atoms with E-state index in [2.05, 4.69) is 0 Å². The van der Waals surface area contributed by atoms with Gasteiger partial charge in [0.15, 0.2) is 11.7 Å². The van der Waals surface area contributed by atoms with Crippen molar-refractivity contribution in [1.82, 2.24) is 0 Å². The number of ether oxygens (including phenoxy) is 2. The number of rotatable bonds is 3. The van der Waals surface area contributed by atoms with Crippen LogP contribution in [0.3, 0.4) is 0 Å². The number of hydrogen-bond acceptors (Lipinski definition) is 4. The van der Waals surface area contributed by atoms with Gasteiger partial charge in [0.1, 0.15) is 0 Å². The van der Waals surface area contributed by atoms with Gasteiger partial charge in [-0.25, -0.2) is 8.42 Å². The summed E-state index contributed by atoms with van der Waals surface area (Å²) in [5, 5.41) is 0. The van der Waals surface area contributed by atoms with Crippen molar-refractivity contribution in [3.63, 3.8) is 0 Å². The lowest BCUT2D eigenvalue weighted by Gasteiger charge is -2.13. The molecule has 1 heterocycles. The second kappa shape index (κ2) is 4.37. The molecular formula is C11H12O4S. The molecule has 0 spiro atoms. The van der Waals surface area contributed by atoms with Crippen molar-refractivity contribution in [3.05, 3.63) is 42.5 Å². The van der Waals surface area contributed by atoms with E-state index >= 15 is 0 Å². The highest BCUT2D eigenvalue weighted by molar-refractivity contribution is 7.92. The van der Waals surface area contributed by atoms with Crippen LogP contribution in [0.25, 0.3) is 0 Å². The molecule has 2 atom stereocenters. The Morgan fingerprint density at radius 3 is 2.44 bits per heavy atom. The summed E-state index contributed by atoms with van der Waals surface area (Å²) in [7, 11) is -2.01. The van der Waals surface area contributed by atoms with E-state index in [-0.39, 0.29) is 4.90 Å². The Labute approximate surface area is 94.4 Å². The summed E-state index contributed by atoms with van der Waals surface area (Å²) in [5.41, 5.74) is -0.958. The first-order chi connectivity index (χ1) is 7.64. The molecule has 1 aromatic carbocycles. The largest absolute Gasteiger partial charge is 0.352 e. The molecule has 1 aliphatic heterocycles. The Kier molecular flexibility index (Phi) is 3.09. The molecule has 4 nitrogen and oxygen atoms in total. The van der Waals surface area contributed by atoms with Gasteiger partial charge in [0, 0.05) is 7.11 Å². The van der Waals surface area contributed by atoms with Crippen LogP contribution in [0.2, 0.25) is 0 Å². The second-order valence-corrected chi connectivity index (χ2v) is 5.38. The Morgan fingerprint density at radius 1 is 1.19 bits per heavy atom. The summed E-state index contributed by atoms with van der Waals surface area (Å²) < 4.78 is 34.2. The van der Waals surface area contributed by atoms with Gasteiger partial charge in [0.05, 0.1) is 4.90 Å². The summed E-state index contributed by atoms with van der Waals surface area (Å²) >= 11 is 0. The van der Waals surface area contributed by atoms with Crippen LogP contribution < -0.4 is 0 Å². The van der Waals surface area contributed by atoms with Crippen molar-refractivity contribution in [2.24, 2.45) is 0 Å². The smallest absolute Gasteiger partial charge is 0.209 e. The first-order valence-electron chi connectivity index (χ1n) is 4.80. The highest BCUT2D eigenvalue weighted by atomic mass is 32.2. The van der Waals surface area contributed by atoms with Crippen molar-refractivity contribution in [1.29, 1.82) is 0 Å². The SMILES string of the molecule is CO[C@@H]1C=C[C@@H](S(=O)(=O)c2ccccc2)O1. The lowest BCUT2D eigenvalue weighted by atomic mass is 10.4. The molecule has 0 aromatic heterocycles. The number of methoxy groups -OCH3 is 1. The number of hydrogen-bond donors (Lipinski definition) is 0. The Morgan fingerprint density at radius 2 is 1.88 bits per heavy atom. The number of sulfone groups is 1. The maximum absolute atomic E-state index is 12.1. The molecule has 1 aromatic rings. The highest BCUT2D eigenvalue weighted by Gasteiger charge is 2.31. The molecule has 0 saturated carbocycles. The molecule has 0 aliphatic carbocycles. The van der Waals surface area contributed by atoms with Crippen molar-refractivity contribution >= 4 is 9.84 Å². The maximum atomic E-state index is 12.1. The molecule has 0 unspecified atom stereocenters. The first-order valence-corrected chi connectivity index (χ1v) is 6.35. The van der Waals surface area contributed by atoms with Crippen LogP contribution >= 0.6 is 0 Å². The number of benzene rings is 1. The van der Waals surface area contributed by atoms with Gasteiger partial charge in [-0.1, -0.05) is 18.2 Å². The zero-order chi connectivity index (χ0) is 11.6. The van der Waals surface area contributed by atoms with Crippen molar-refractivity contribution in [2.75, 3.05) is 7.11 Å². The van der Waals surface area contributed by atoms with E-state index in [1.165, 1.54) is 13.2 Å². The van der Waals surface area contributed by atoms with E-state index in [4.69, 9.17) is 9.47 Å². The van der Waals surface area contributed by atoms with Crippen LogP contribution in [0.5, 0.6) is 0 Å². The zero-order valence-corrected chi connectivity index (χ0v) is 9.55. The quantitative estimate of drug-likeness (QED) is 0.748. The van der Waals surface area contributed by atoms with E-state index in [0.717, 1.165) is 0 Å². The van der Waals surface area contributed by atoms with Crippen LogP contribution in [0.1, 0.15) is 0 Å². The van der Waals surface area contributed by atoms with Crippen LogP contribution in [0.4, 0.5) is 0 Å². The summed E-state index contributed by atoms with van der Waals surface area (Å²) in [6.45, 7) is 0. The summed E-state index contributed by atoms with van der Waals surface area (Å²) in [4.78, 5) is 0.251. The molecule has 0 N–H and O–H groups in total. The van der Waals surface area contributed by atoms with Crippen molar-refractivity contribution in [2.45, 2.75) is 16.6 Å². The zero-order valence-electron chi connectivity index (χ0n) is 8.74. The van der Waals surface area contributed by atoms with E-state index in [9.17, 15) is 8.42 Å². The fraction of sp³-hybridized carbons (Fsp3) is 0.273. The van der Waals surface area contributed by atoms with E-state index in [1.807, 2.05) is 0 Å². The molecule has 0 radical (unpaired) electrons. The van der Waals surface area contributed by atoms with Crippen molar-refractivity contribution < 1.29 is 17.9 Å². The van der Waals surface area contributed by atoms with E-state index in [1.54, 1.807) is 36.4 Å². The van der Waals surface area contributed by atoms with E-state index in [0.29, 0.717) is 0 Å². The Bertz CT molecular complexity index is 478. The molecular weight excluding hydrogens is 228 g/mol. The topological polar surface area (TPSA) is 52.6 Å². The third kappa shape index (κ3) is 2.02. The highest BCUT2D eigenvalue weighted by Crippen LogP contribution is 2.23. The maximum Gasteiger partial charge on any atom is 0.209 e. The van der Waals surface area contributed by atoms with Crippen LogP contribution in [0.15, 0.2) is 47.4 Å². The third-order valence-electron chi connectivity index (χ3n) is 2.30. The summed E-state index contributed by atoms with van der Waals surface area (Å²) in [6.07, 6.45) is 2.50. The second-order valence-electron chi connectivity index (χ2n) is 3.35. The Hall–Kier alpha value is -1.17. The molecule has 2 rings (SSSR count). The van der Waals surface area contributed by atoms with Crippen LogP contribution in [-0.4, -0.2) is 27.3 Å². The van der Waals surface area contributed by atoms with Gasteiger partial charge in [-0.3, -0.25) is 0 Å². The first kappa shape index (κ1) is 11.3. The normalized spacial score (nSPS) is 24.8. The minimum atomic E-state index is -3.47. The predicted molar refractivity (Wildman–Crippen MR) is 58.4 cm³/mol. The van der Waals surface area contributed by atoms with Gasteiger partial charge >= 0.3 is 0 Å². The molecule has 0 bridgehead atoms. The molecule has 86 valence electrons. The summed E-state index contributed by atoms with van der Waals surface area (Å²) in [6, 6.07) is 8.22. The fourth-order valence-electron chi connectivity index (χ4n) is 1.46. The Balaban J connectivity index is 2.26. The minimum Gasteiger partial charge on any atom is -0.352 e. The molecule has 5 heteroatoms. The molecule has 1 aliphatic rings. The van der Waals surface area contributed by atoms with Gasteiger partial charge in [-0.2, -0.15) is 0 Å². The minimum absolute atomic E-state index is 0.251. The average molecular weight is 240 g/mol. The van der Waals surface area contributed by atoms with Crippen LogP contribution in [-0.2, 0) is 19.3 Å². The predicted octanol–water partition coefficient (Wildman–Crippen LogP) is 1.35. The lowest BCUT2D eigenvalue weighted by molar-refractivity contribution is -0.0789. The molecule has 0 amide bonds. The third-order valence-corrected chi connectivity index (χ3v) is 4.11. The molecule has 16 heavy (non-hydrogen) atoms. The fourth-order valence-corrected chi connectivity index (χ4v) is 2.82.